The molecule has 15 heavy (non-hydrogen) atoms. The van der Waals surface area contributed by atoms with E-state index in [1.165, 1.54) is 0 Å². The number of nitrogens with one attached hydrogen (secondary N) is 1. The molecule has 0 aliphatic heterocycles. The van der Waals surface area contributed by atoms with E-state index in [0.29, 0.717) is 23.1 Å². The van der Waals surface area contributed by atoms with Gasteiger partial charge in [0.15, 0.2) is 0 Å². The Morgan fingerprint density at radius 2 is 2.47 bits per heavy atom. The number of aryl methyl sites for hydroxylation is 1. The highest BCUT2D eigenvalue weighted by Gasteiger charge is 2.05. The lowest BCUT2D eigenvalue weighted by atomic mass is 10.2. The first kappa shape index (κ1) is 11.9. The molecule has 0 aromatic carbocycles. The maximum absolute atomic E-state index is 11.4. The molecule has 0 saturated carbocycles. The SMILES string of the molecule is C=CCCC(=O)Nc1cc(C)cnc1Br. The number of carbonyl (C=O) groups is 1. The third-order valence-corrected chi connectivity index (χ3v) is 2.46. The number of pyridine rings is 1. The van der Waals surface area contributed by atoms with Crippen LogP contribution in [0.1, 0.15) is 18.4 Å². The molecule has 0 fully saturated rings. The van der Waals surface area contributed by atoms with Crippen molar-refractivity contribution in [3.8, 4) is 0 Å². The smallest absolute Gasteiger partial charge is 0.224 e. The molecule has 80 valence electrons. The van der Waals surface area contributed by atoms with Crippen LogP contribution in [0, 0.1) is 6.92 Å². The van der Waals surface area contributed by atoms with E-state index in [-0.39, 0.29) is 5.91 Å². The molecule has 4 heteroatoms. The molecule has 0 aliphatic carbocycles. The van der Waals surface area contributed by atoms with E-state index in [4.69, 9.17) is 0 Å². The second-order valence-corrected chi connectivity index (χ2v) is 3.98. The predicted octanol–water partition coefficient (Wildman–Crippen LogP) is 3.06. The first-order valence-corrected chi connectivity index (χ1v) is 5.45. The van der Waals surface area contributed by atoms with E-state index in [1.807, 2.05) is 13.0 Å². The summed E-state index contributed by atoms with van der Waals surface area (Å²) in [7, 11) is 0. The Hall–Kier alpha value is -1.16. The molecule has 1 heterocycles. The molecule has 3 nitrogen and oxygen atoms in total. The molecule has 1 N–H and O–H groups in total. The van der Waals surface area contributed by atoms with Gasteiger partial charge >= 0.3 is 0 Å². The Bertz CT molecular complexity index is 377. The van der Waals surface area contributed by atoms with Crippen molar-refractivity contribution in [3.05, 3.63) is 35.1 Å². The van der Waals surface area contributed by atoms with Crippen molar-refractivity contribution in [2.45, 2.75) is 19.8 Å². The molecular formula is C11H13BrN2O. The zero-order chi connectivity index (χ0) is 11.3. The summed E-state index contributed by atoms with van der Waals surface area (Å²) < 4.78 is 0.653. The standard InChI is InChI=1S/C11H13BrN2O/c1-3-4-5-10(15)14-9-6-8(2)7-13-11(9)12/h3,6-7H,1,4-5H2,2H3,(H,14,15). The molecule has 0 bridgehead atoms. The van der Waals surface area contributed by atoms with Gasteiger partial charge in [0, 0.05) is 12.6 Å². The number of amides is 1. The molecule has 0 radical (unpaired) electrons. The van der Waals surface area contributed by atoms with E-state index < -0.39 is 0 Å². The van der Waals surface area contributed by atoms with Crippen LogP contribution in [-0.2, 0) is 4.79 Å². The molecule has 1 amide bonds. The topological polar surface area (TPSA) is 42.0 Å². The first-order chi connectivity index (χ1) is 7.13. The zero-order valence-corrected chi connectivity index (χ0v) is 10.2. The number of allylic oxidation sites excluding steroid dienone is 1. The maximum Gasteiger partial charge on any atom is 0.224 e. The number of anilines is 1. The van der Waals surface area contributed by atoms with E-state index in [0.717, 1.165) is 5.56 Å². The zero-order valence-electron chi connectivity index (χ0n) is 8.59. The largest absolute Gasteiger partial charge is 0.324 e. The normalized spacial score (nSPS) is 9.73. The van der Waals surface area contributed by atoms with Crippen LogP contribution < -0.4 is 5.32 Å². The minimum Gasteiger partial charge on any atom is -0.324 e. The molecular weight excluding hydrogens is 256 g/mol. The fourth-order valence-corrected chi connectivity index (χ4v) is 1.40. The highest BCUT2D eigenvalue weighted by Crippen LogP contribution is 2.20. The number of nitrogens with zero attached hydrogens (tertiary/aromatic N) is 1. The van der Waals surface area contributed by atoms with Crippen LogP contribution in [0.5, 0.6) is 0 Å². The highest BCUT2D eigenvalue weighted by molar-refractivity contribution is 9.10. The van der Waals surface area contributed by atoms with Gasteiger partial charge in [-0.05, 0) is 40.9 Å². The van der Waals surface area contributed by atoms with E-state index in [9.17, 15) is 4.79 Å². The lowest BCUT2D eigenvalue weighted by Crippen LogP contribution is -2.11. The Kier molecular flexibility index (Phi) is 4.49. The summed E-state index contributed by atoms with van der Waals surface area (Å²) in [4.78, 5) is 15.5. The third kappa shape index (κ3) is 3.83. The first-order valence-electron chi connectivity index (χ1n) is 4.66. The quantitative estimate of drug-likeness (QED) is 0.674. The van der Waals surface area contributed by atoms with Gasteiger partial charge in [0.05, 0.1) is 5.69 Å². The van der Waals surface area contributed by atoms with Crippen molar-refractivity contribution in [1.29, 1.82) is 0 Å². The van der Waals surface area contributed by atoms with Crippen molar-refractivity contribution >= 4 is 27.5 Å². The van der Waals surface area contributed by atoms with Crippen LogP contribution >= 0.6 is 15.9 Å². The van der Waals surface area contributed by atoms with Crippen molar-refractivity contribution in [2.24, 2.45) is 0 Å². The minimum atomic E-state index is -0.0250. The average molecular weight is 269 g/mol. The van der Waals surface area contributed by atoms with Crippen molar-refractivity contribution in [3.63, 3.8) is 0 Å². The van der Waals surface area contributed by atoms with Crippen LogP contribution in [0.3, 0.4) is 0 Å². The summed E-state index contributed by atoms with van der Waals surface area (Å²) in [6.45, 7) is 5.50. The van der Waals surface area contributed by atoms with Gasteiger partial charge in [-0.1, -0.05) is 6.08 Å². The van der Waals surface area contributed by atoms with Gasteiger partial charge in [0.2, 0.25) is 5.91 Å². The number of hydrogen-bond donors (Lipinski definition) is 1. The summed E-state index contributed by atoms with van der Waals surface area (Å²) in [5.74, 6) is -0.0250. The summed E-state index contributed by atoms with van der Waals surface area (Å²) in [5, 5.41) is 2.79. The Morgan fingerprint density at radius 1 is 1.73 bits per heavy atom. The summed E-state index contributed by atoms with van der Waals surface area (Å²) in [5.41, 5.74) is 1.72. The lowest BCUT2D eigenvalue weighted by Gasteiger charge is -2.06. The summed E-state index contributed by atoms with van der Waals surface area (Å²) >= 11 is 3.28. The van der Waals surface area contributed by atoms with Crippen molar-refractivity contribution < 1.29 is 4.79 Å². The molecule has 0 saturated heterocycles. The van der Waals surface area contributed by atoms with Crippen LogP contribution in [0.2, 0.25) is 0 Å². The molecule has 0 spiro atoms. The third-order valence-electron chi connectivity index (χ3n) is 1.83. The Labute approximate surface area is 97.7 Å². The van der Waals surface area contributed by atoms with Crippen LogP contribution in [0.25, 0.3) is 0 Å². The number of aromatic nitrogens is 1. The van der Waals surface area contributed by atoms with E-state index in [2.05, 4.69) is 32.8 Å². The molecule has 1 rings (SSSR count). The number of carbonyl (C=O) groups excluding carboxylic acids is 1. The predicted molar refractivity (Wildman–Crippen MR) is 64.7 cm³/mol. The van der Waals surface area contributed by atoms with Gasteiger partial charge in [0.1, 0.15) is 4.60 Å². The number of halogens is 1. The molecule has 0 aliphatic rings. The van der Waals surface area contributed by atoms with Crippen molar-refractivity contribution in [1.82, 2.24) is 4.98 Å². The number of rotatable bonds is 4. The fourth-order valence-electron chi connectivity index (χ4n) is 1.09. The molecule has 1 aromatic heterocycles. The molecule has 1 aromatic rings. The molecule has 0 atom stereocenters. The van der Waals surface area contributed by atoms with Crippen molar-refractivity contribution in [2.75, 3.05) is 5.32 Å². The van der Waals surface area contributed by atoms with Gasteiger partial charge in [0.25, 0.3) is 0 Å². The van der Waals surface area contributed by atoms with Gasteiger partial charge in [-0.15, -0.1) is 6.58 Å². The molecule has 0 unspecified atom stereocenters. The number of hydrogen-bond acceptors (Lipinski definition) is 2. The van der Waals surface area contributed by atoms with Gasteiger partial charge in [-0.2, -0.15) is 0 Å². The van der Waals surface area contributed by atoms with Crippen LogP contribution in [-0.4, -0.2) is 10.9 Å². The summed E-state index contributed by atoms with van der Waals surface area (Å²) in [6, 6.07) is 1.88. The van der Waals surface area contributed by atoms with Gasteiger partial charge in [-0.3, -0.25) is 4.79 Å². The lowest BCUT2D eigenvalue weighted by molar-refractivity contribution is -0.116. The Balaban J connectivity index is 2.67. The second-order valence-electron chi connectivity index (χ2n) is 3.23. The fraction of sp³-hybridized carbons (Fsp3) is 0.273. The van der Waals surface area contributed by atoms with Crippen LogP contribution in [0.15, 0.2) is 29.5 Å². The maximum atomic E-state index is 11.4. The van der Waals surface area contributed by atoms with E-state index >= 15 is 0 Å². The van der Waals surface area contributed by atoms with E-state index in [1.54, 1.807) is 12.3 Å². The van der Waals surface area contributed by atoms with Crippen LogP contribution in [0.4, 0.5) is 5.69 Å². The minimum absolute atomic E-state index is 0.0250. The summed E-state index contributed by atoms with van der Waals surface area (Å²) in [6.07, 6.45) is 4.60. The van der Waals surface area contributed by atoms with Gasteiger partial charge < -0.3 is 5.32 Å². The Morgan fingerprint density at radius 3 is 3.13 bits per heavy atom. The van der Waals surface area contributed by atoms with Gasteiger partial charge in [-0.25, -0.2) is 4.98 Å². The highest BCUT2D eigenvalue weighted by atomic mass is 79.9. The monoisotopic (exact) mass is 268 g/mol. The second kappa shape index (κ2) is 5.66. The average Bonchev–Trinajstić information content (AvgIpc) is 2.20.